The predicted octanol–water partition coefficient (Wildman–Crippen LogP) is 4.03. The molecular formula is C23H40O7. The van der Waals surface area contributed by atoms with Crippen LogP contribution in [0, 0.1) is 17.8 Å². The van der Waals surface area contributed by atoms with Crippen molar-refractivity contribution in [3.8, 4) is 0 Å². The van der Waals surface area contributed by atoms with Gasteiger partial charge in [0.15, 0.2) is 17.9 Å². The van der Waals surface area contributed by atoms with Crippen LogP contribution in [0.4, 0.5) is 0 Å². The molecule has 3 rings (SSSR count). The average molecular weight is 429 g/mol. The lowest BCUT2D eigenvalue weighted by molar-refractivity contribution is -0.198. The van der Waals surface area contributed by atoms with Gasteiger partial charge in [0.1, 0.15) is 12.2 Å². The molecule has 6 unspecified atom stereocenters. The summed E-state index contributed by atoms with van der Waals surface area (Å²) in [6.45, 7) is 15.0. The van der Waals surface area contributed by atoms with Crippen LogP contribution in [0.3, 0.4) is 0 Å². The van der Waals surface area contributed by atoms with Crippen LogP contribution >= 0.6 is 0 Å². The zero-order valence-corrected chi connectivity index (χ0v) is 19.6. The molecule has 3 heterocycles. The zero-order chi connectivity index (χ0) is 22.1. The SMILES string of the molecule is CCC(CC(=O)OC1C(C2COC(C)(C)O2)CCOC2OC(C)(C)OC21)CC(C)C. The maximum absolute atomic E-state index is 13.0. The molecule has 0 aliphatic carbocycles. The molecule has 0 N–H and O–H groups in total. The summed E-state index contributed by atoms with van der Waals surface area (Å²) in [4.78, 5) is 13.0. The second-order valence-corrected chi connectivity index (χ2v) is 10.2. The van der Waals surface area contributed by atoms with E-state index < -0.39 is 30.1 Å². The van der Waals surface area contributed by atoms with Gasteiger partial charge in [0.05, 0.1) is 19.3 Å². The van der Waals surface area contributed by atoms with Gasteiger partial charge in [0.2, 0.25) is 0 Å². The molecule has 7 nitrogen and oxygen atoms in total. The Morgan fingerprint density at radius 3 is 2.43 bits per heavy atom. The second kappa shape index (κ2) is 9.41. The molecule has 0 radical (unpaired) electrons. The quantitative estimate of drug-likeness (QED) is 0.567. The largest absolute Gasteiger partial charge is 0.459 e. The highest BCUT2D eigenvalue weighted by molar-refractivity contribution is 5.70. The maximum atomic E-state index is 13.0. The summed E-state index contributed by atoms with van der Waals surface area (Å²) < 4.78 is 36.1. The molecule has 0 aromatic carbocycles. The van der Waals surface area contributed by atoms with Gasteiger partial charge in [0.25, 0.3) is 0 Å². The van der Waals surface area contributed by atoms with E-state index in [9.17, 15) is 4.79 Å². The molecule has 0 aromatic heterocycles. The van der Waals surface area contributed by atoms with Crippen molar-refractivity contribution in [2.24, 2.45) is 17.8 Å². The number of rotatable bonds is 7. The molecular weight excluding hydrogens is 388 g/mol. The fourth-order valence-corrected chi connectivity index (χ4v) is 4.81. The molecule has 0 amide bonds. The van der Waals surface area contributed by atoms with Crippen LogP contribution in [-0.4, -0.2) is 55.4 Å². The third-order valence-corrected chi connectivity index (χ3v) is 6.18. The average Bonchev–Trinajstić information content (AvgIpc) is 3.09. The normalized spacial score (nSPS) is 36.3. The molecule has 3 aliphatic heterocycles. The number of hydrogen-bond acceptors (Lipinski definition) is 7. The molecule has 3 saturated heterocycles. The summed E-state index contributed by atoms with van der Waals surface area (Å²) in [5.74, 6) is -0.862. The van der Waals surface area contributed by atoms with Gasteiger partial charge in [-0.05, 0) is 52.4 Å². The lowest BCUT2D eigenvalue weighted by Crippen LogP contribution is -2.47. The van der Waals surface area contributed by atoms with E-state index in [-0.39, 0.29) is 18.0 Å². The minimum Gasteiger partial charge on any atom is -0.459 e. The van der Waals surface area contributed by atoms with Crippen molar-refractivity contribution in [1.29, 1.82) is 0 Å². The van der Waals surface area contributed by atoms with Crippen LogP contribution in [-0.2, 0) is 33.2 Å². The molecule has 3 aliphatic rings. The molecule has 30 heavy (non-hydrogen) atoms. The summed E-state index contributed by atoms with van der Waals surface area (Å²) in [5.41, 5.74) is 0. The number of carbonyl (C=O) groups excluding carboxylic acids is 1. The maximum Gasteiger partial charge on any atom is 0.306 e. The van der Waals surface area contributed by atoms with E-state index in [1.54, 1.807) is 0 Å². The minimum atomic E-state index is -0.794. The first kappa shape index (κ1) is 23.9. The third-order valence-electron chi connectivity index (χ3n) is 6.18. The summed E-state index contributed by atoms with van der Waals surface area (Å²) in [5, 5.41) is 0. The van der Waals surface area contributed by atoms with E-state index in [4.69, 9.17) is 28.4 Å². The van der Waals surface area contributed by atoms with Crippen molar-refractivity contribution in [3.05, 3.63) is 0 Å². The summed E-state index contributed by atoms with van der Waals surface area (Å²) in [7, 11) is 0. The van der Waals surface area contributed by atoms with Crippen LogP contribution < -0.4 is 0 Å². The Morgan fingerprint density at radius 1 is 1.10 bits per heavy atom. The monoisotopic (exact) mass is 428 g/mol. The van der Waals surface area contributed by atoms with E-state index in [1.165, 1.54) is 0 Å². The molecule has 174 valence electrons. The van der Waals surface area contributed by atoms with Crippen molar-refractivity contribution in [2.75, 3.05) is 13.2 Å². The molecule has 3 fully saturated rings. The van der Waals surface area contributed by atoms with Gasteiger partial charge in [-0.1, -0.05) is 27.2 Å². The van der Waals surface area contributed by atoms with Crippen molar-refractivity contribution < 1.29 is 33.2 Å². The van der Waals surface area contributed by atoms with Crippen LogP contribution in [0.2, 0.25) is 0 Å². The van der Waals surface area contributed by atoms with E-state index >= 15 is 0 Å². The highest BCUT2D eigenvalue weighted by Crippen LogP contribution is 2.41. The second-order valence-electron chi connectivity index (χ2n) is 10.2. The van der Waals surface area contributed by atoms with Crippen molar-refractivity contribution in [1.82, 2.24) is 0 Å². The highest BCUT2D eigenvalue weighted by atomic mass is 16.8. The van der Waals surface area contributed by atoms with E-state index in [0.717, 1.165) is 12.8 Å². The summed E-state index contributed by atoms with van der Waals surface area (Å²) >= 11 is 0. The van der Waals surface area contributed by atoms with Gasteiger partial charge in [0, 0.05) is 12.3 Å². The smallest absolute Gasteiger partial charge is 0.306 e. The molecule has 0 spiro atoms. The number of carbonyl (C=O) groups is 1. The van der Waals surface area contributed by atoms with Crippen molar-refractivity contribution >= 4 is 5.97 Å². The Bertz CT molecular complexity index is 588. The number of fused-ring (bicyclic) bond motifs is 1. The lowest BCUT2D eigenvalue weighted by Gasteiger charge is -2.33. The van der Waals surface area contributed by atoms with Crippen molar-refractivity contribution in [2.45, 2.75) is 110 Å². The Labute approximate surface area is 181 Å². The van der Waals surface area contributed by atoms with E-state index in [1.807, 2.05) is 27.7 Å². The summed E-state index contributed by atoms with van der Waals surface area (Å²) in [6, 6.07) is 0. The van der Waals surface area contributed by atoms with Crippen LogP contribution in [0.15, 0.2) is 0 Å². The standard InChI is InChI=1S/C23H40O7/c1-8-15(11-14(2)3)12-18(24)27-19-16(17-13-26-22(4,5)28-17)9-10-25-21-20(19)29-23(6,7)30-21/h14-17,19-21H,8-13H2,1-7H3. The van der Waals surface area contributed by atoms with E-state index in [0.29, 0.717) is 37.9 Å². The molecule has 7 heteroatoms. The Balaban J connectivity index is 1.77. The first-order chi connectivity index (χ1) is 14.0. The Morgan fingerprint density at radius 2 is 1.83 bits per heavy atom. The van der Waals surface area contributed by atoms with Crippen LogP contribution in [0.1, 0.15) is 74.1 Å². The van der Waals surface area contributed by atoms with Gasteiger partial charge in [-0.25, -0.2) is 0 Å². The third kappa shape index (κ3) is 5.94. The van der Waals surface area contributed by atoms with Gasteiger partial charge in [-0.2, -0.15) is 0 Å². The first-order valence-electron chi connectivity index (χ1n) is 11.5. The van der Waals surface area contributed by atoms with Gasteiger partial charge in [-0.3, -0.25) is 4.79 Å². The fourth-order valence-electron chi connectivity index (χ4n) is 4.81. The molecule has 0 saturated carbocycles. The van der Waals surface area contributed by atoms with Crippen LogP contribution in [0.25, 0.3) is 0 Å². The molecule has 0 aromatic rings. The zero-order valence-electron chi connectivity index (χ0n) is 19.6. The van der Waals surface area contributed by atoms with Gasteiger partial charge >= 0.3 is 5.97 Å². The van der Waals surface area contributed by atoms with E-state index in [2.05, 4.69) is 20.8 Å². The Hall–Kier alpha value is -0.730. The lowest BCUT2D eigenvalue weighted by atomic mass is 9.89. The number of ether oxygens (including phenoxy) is 6. The molecule has 6 atom stereocenters. The molecule has 0 bridgehead atoms. The Kier molecular flexibility index (Phi) is 7.50. The topological polar surface area (TPSA) is 72.5 Å². The summed E-state index contributed by atoms with van der Waals surface area (Å²) in [6.07, 6.45) is 1.31. The number of hydrogen-bond donors (Lipinski definition) is 0. The van der Waals surface area contributed by atoms with Crippen molar-refractivity contribution in [3.63, 3.8) is 0 Å². The van der Waals surface area contributed by atoms with Gasteiger partial charge < -0.3 is 28.4 Å². The first-order valence-corrected chi connectivity index (χ1v) is 11.5. The van der Waals surface area contributed by atoms with Crippen LogP contribution in [0.5, 0.6) is 0 Å². The van der Waals surface area contributed by atoms with Gasteiger partial charge in [-0.15, -0.1) is 0 Å². The predicted molar refractivity (Wildman–Crippen MR) is 111 cm³/mol. The fraction of sp³-hybridized carbons (Fsp3) is 0.957. The highest BCUT2D eigenvalue weighted by Gasteiger charge is 2.54. The minimum absolute atomic E-state index is 0.0894. The number of esters is 1.